The van der Waals surface area contributed by atoms with E-state index in [2.05, 4.69) is 15.6 Å². The van der Waals surface area contributed by atoms with Crippen molar-refractivity contribution >= 4 is 23.4 Å². The average Bonchev–Trinajstić information content (AvgIpc) is 2.37. The van der Waals surface area contributed by atoms with Gasteiger partial charge in [-0.25, -0.2) is 4.98 Å². The highest BCUT2D eigenvalue weighted by atomic mass is 35.5. The van der Waals surface area contributed by atoms with Crippen LogP contribution in [0.2, 0.25) is 5.15 Å². The molecule has 0 aliphatic carbocycles. The molecule has 0 aliphatic heterocycles. The van der Waals surface area contributed by atoms with E-state index >= 15 is 0 Å². The molecule has 104 valence electrons. The summed E-state index contributed by atoms with van der Waals surface area (Å²) in [5.41, 5.74) is 0.423. The smallest absolute Gasteiger partial charge is 0.252 e. The predicted molar refractivity (Wildman–Crippen MR) is 74.0 cm³/mol. The second-order valence-electron chi connectivity index (χ2n) is 4.57. The summed E-state index contributed by atoms with van der Waals surface area (Å²) in [7, 11) is 0. The molecule has 0 atom stereocenters. The first-order chi connectivity index (χ1) is 8.99. The number of halogens is 1. The maximum Gasteiger partial charge on any atom is 0.252 e. The molecular weight excluding hydrogens is 266 g/mol. The molecule has 1 heterocycles. The van der Waals surface area contributed by atoms with Crippen molar-refractivity contribution in [1.29, 1.82) is 0 Å². The van der Waals surface area contributed by atoms with Gasteiger partial charge >= 0.3 is 0 Å². The van der Waals surface area contributed by atoms with Crippen LogP contribution in [-0.4, -0.2) is 29.9 Å². The molecule has 2 N–H and O–H groups in total. The van der Waals surface area contributed by atoms with Crippen LogP contribution in [0.15, 0.2) is 18.3 Å². The molecule has 5 nitrogen and oxygen atoms in total. The fourth-order valence-corrected chi connectivity index (χ4v) is 1.42. The van der Waals surface area contributed by atoms with Crippen LogP contribution >= 0.6 is 11.6 Å². The number of nitrogens with zero attached hydrogens (tertiary/aromatic N) is 1. The molecule has 0 saturated heterocycles. The minimum absolute atomic E-state index is 0.0665. The Kier molecular flexibility index (Phi) is 6.29. The molecule has 0 saturated carbocycles. The lowest BCUT2D eigenvalue weighted by molar-refractivity contribution is -0.121. The van der Waals surface area contributed by atoms with Gasteiger partial charge in [0, 0.05) is 25.7 Å². The number of pyridine rings is 1. The number of amides is 2. The summed E-state index contributed by atoms with van der Waals surface area (Å²) >= 11 is 5.63. The van der Waals surface area contributed by atoms with Crippen LogP contribution in [0.25, 0.3) is 0 Å². The van der Waals surface area contributed by atoms with Crippen molar-refractivity contribution in [1.82, 2.24) is 15.6 Å². The first-order valence-electron chi connectivity index (χ1n) is 6.15. The second-order valence-corrected chi connectivity index (χ2v) is 4.96. The summed E-state index contributed by atoms with van der Waals surface area (Å²) in [5.74, 6) is 0.0859. The summed E-state index contributed by atoms with van der Waals surface area (Å²) in [4.78, 5) is 26.9. The minimum Gasteiger partial charge on any atom is -0.356 e. The van der Waals surface area contributed by atoms with Gasteiger partial charge in [0.25, 0.3) is 5.91 Å². The van der Waals surface area contributed by atoms with Crippen LogP contribution in [0.4, 0.5) is 0 Å². The van der Waals surface area contributed by atoms with Gasteiger partial charge in [-0.1, -0.05) is 25.4 Å². The Labute approximate surface area is 117 Å². The molecule has 0 aromatic carbocycles. The number of carbonyl (C=O) groups excluding carboxylic acids is 2. The van der Waals surface area contributed by atoms with E-state index < -0.39 is 0 Å². The van der Waals surface area contributed by atoms with Gasteiger partial charge in [0.05, 0.1) is 5.56 Å². The monoisotopic (exact) mass is 283 g/mol. The molecule has 0 fully saturated rings. The fourth-order valence-electron chi connectivity index (χ4n) is 1.31. The topological polar surface area (TPSA) is 71.1 Å². The predicted octanol–water partition coefficient (Wildman–Crippen LogP) is 1.63. The van der Waals surface area contributed by atoms with Crippen molar-refractivity contribution in [2.45, 2.75) is 20.3 Å². The van der Waals surface area contributed by atoms with Crippen molar-refractivity contribution in [3.05, 3.63) is 29.0 Å². The zero-order chi connectivity index (χ0) is 14.3. The van der Waals surface area contributed by atoms with Crippen LogP contribution in [0.3, 0.4) is 0 Å². The molecule has 0 aliphatic rings. The van der Waals surface area contributed by atoms with Gasteiger partial charge in [-0.3, -0.25) is 9.59 Å². The van der Waals surface area contributed by atoms with E-state index in [0.717, 1.165) is 0 Å². The quantitative estimate of drug-likeness (QED) is 0.780. The van der Waals surface area contributed by atoms with Crippen molar-refractivity contribution in [3.8, 4) is 0 Å². The van der Waals surface area contributed by atoms with E-state index in [9.17, 15) is 9.59 Å². The highest BCUT2D eigenvalue weighted by Gasteiger charge is 2.07. The Bertz CT molecular complexity index is 432. The first kappa shape index (κ1) is 15.4. The van der Waals surface area contributed by atoms with Crippen LogP contribution in [0, 0.1) is 5.92 Å². The van der Waals surface area contributed by atoms with Crippen molar-refractivity contribution < 1.29 is 9.59 Å². The molecule has 0 radical (unpaired) electrons. The Morgan fingerprint density at radius 3 is 2.63 bits per heavy atom. The van der Waals surface area contributed by atoms with Crippen molar-refractivity contribution in [3.63, 3.8) is 0 Å². The van der Waals surface area contributed by atoms with Gasteiger partial charge in [-0.05, 0) is 18.1 Å². The number of hydrogen-bond acceptors (Lipinski definition) is 3. The van der Waals surface area contributed by atoms with E-state index in [-0.39, 0.29) is 18.2 Å². The molecule has 0 unspecified atom stereocenters. The van der Waals surface area contributed by atoms with Crippen molar-refractivity contribution in [2.75, 3.05) is 13.1 Å². The van der Waals surface area contributed by atoms with E-state index in [1.54, 1.807) is 12.1 Å². The fraction of sp³-hybridized carbons (Fsp3) is 0.462. The lowest BCUT2D eigenvalue weighted by Gasteiger charge is -2.08. The van der Waals surface area contributed by atoms with Crippen LogP contribution in [-0.2, 0) is 4.79 Å². The van der Waals surface area contributed by atoms with Gasteiger partial charge in [0.1, 0.15) is 5.15 Å². The van der Waals surface area contributed by atoms with Crippen LogP contribution in [0.5, 0.6) is 0 Å². The molecule has 1 aromatic heterocycles. The molecule has 0 spiro atoms. The lowest BCUT2D eigenvalue weighted by Crippen LogP contribution is -2.32. The summed E-state index contributed by atoms with van der Waals surface area (Å²) in [5, 5.41) is 5.77. The molecule has 19 heavy (non-hydrogen) atoms. The van der Waals surface area contributed by atoms with Gasteiger partial charge in [0.2, 0.25) is 5.91 Å². The lowest BCUT2D eigenvalue weighted by atomic mass is 10.2. The zero-order valence-electron chi connectivity index (χ0n) is 11.1. The summed E-state index contributed by atoms with van der Waals surface area (Å²) in [6, 6.07) is 3.13. The second kappa shape index (κ2) is 7.74. The molecule has 2 amide bonds. The van der Waals surface area contributed by atoms with E-state index in [1.165, 1.54) is 6.20 Å². The maximum atomic E-state index is 11.7. The normalized spacial score (nSPS) is 10.3. The molecule has 6 heteroatoms. The maximum absolute atomic E-state index is 11.7. The third-order valence-electron chi connectivity index (χ3n) is 2.33. The van der Waals surface area contributed by atoms with Gasteiger partial charge in [-0.2, -0.15) is 0 Å². The van der Waals surface area contributed by atoms with Crippen molar-refractivity contribution in [2.24, 2.45) is 5.92 Å². The SMILES string of the molecule is CC(C)CNC(=O)CCNC(=O)c1ccc(Cl)nc1. The molecule has 1 aromatic rings. The van der Waals surface area contributed by atoms with E-state index in [4.69, 9.17) is 11.6 Å². The standard InChI is InChI=1S/C13H18ClN3O2/c1-9(2)7-17-12(18)5-6-15-13(19)10-3-4-11(14)16-8-10/h3-4,8-9H,5-7H2,1-2H3,(H,15,19)(H,17,18). The van der Waals surface area contributed by atoms with Gasteiger partial charge < -0.3 is 10.6 Å². The number of hydrogen-bond donors (Lipinski definition) is 2. The van der Waals surface area contributed by atoms with Gasteiger partial charge in [-0.15, -0.1) is 0 Å². The molecule has 1 rings (SSSR count). The van der Waals surface area contributed by atoms with E-state index in [1.807, 2.05) is 13.8 Å². The number of carbonyl (C=O) groups is 2. The Morgan fingerprint density at radius 2 is 2.05 bits per heavy atom. The highest BCUT2D eigenvalue weighted by molar-refractivity contribution is 6.29. The average molecular weight is 284 g/mol. The molecule has 0 bridgehead atoms. The minimum atomic E-state index is -0.263. The largest absolute Gasteiger partial charge is 0.356 e. The van der Waals surface area contributed by atoms with Crippen LogP contribution < -0.4 is 10.6 Å². The third-order valence-corrected chi connectivity index (χ3v) is 2.56. The Hall–Kier alpha value is -1.62. The summed E-state index contributed by atoms with van der Waals surface area (Å²) in [6.45, 7) is 4.99. The number of aromatic nitrogens is 1. The highest BCUT2D eigenvalue weighted by Crippen LogP contribution is 2.04. The Morgan fingerprint density at radius 1 is 1.32 bits per heavy atom. The summed E-state index contributed by atoms with van der Waals surface area (Å²) in [6.07, 6.45) is 1.66. The summed E-state index contributed by atoms with van der Waals surface area (Å²) < 4.78 is 0. The first-order valence-corrected chi connectivity index (χ1v) is 6.53. The van der Waals surface area contributed by atoms with E-state index in [0.29, 0.717) is 29.7 Å². The zero-order valence-corrected chi connectivity index (χ0v) is 11.8. The molecular formula is C13H18ClN3O2. The van der Waals surface area contributed by atoms with Crippen LogP contribution in [0.1, 0.15) is 30.6 Å². The number of rotatable bonds is 6. The third kappa shape index (κ3) is 6.20. The van der Waals surface area contributed by atoms with Gasteiger partial charge in [0.15, 0.2) is 0 Å². The number of nitrogens with one attached hydrogen (secondary N) is 2. The Balaban J connectivity index is 2.27.